The Morgan fingerprint density at radius 3 is 2.13 bits per heavy atom. The summed E-state index contributed by atoms with van der Waals surface area (Å²) in [6.07, 6.45) is 1.25. The van der Waals surface area contributed by atoms with E-state index in [1.54, 1.807) is 58.9 Å². The number of nitrogens with zero attached hydrogens (tertiary/aromatic N) is 1. The summed E-state index contributed by atoms with van der Waals surface area (Å²) in [5.41, 5.74) is 0.582. The largest absolute Gasteiger partial charge is 0.495 e. The van der Waals surface area contributed by atoms with Crippen molar-refractivity contribution in [3.8, 4) is 5.75 Å². The minimum atomic E-state index is -1.23. The van der Waals surface area contributed by atoms with Crippen LogP contribution < -0.4 is 36.6 Å². The van der Waals surface area contributed by atoms with E-state index in [4.69, 9.17) is 30.6 Å². The molecule has 6 N–H and O–H groups in total. The summed E-state index contributed by atoms with van der Waals surface area (Å²) < 4.78 is 17.7. The SMILES string of the molecule is COc1ccc(C[C@H]2NC(=O)/C=C/C[C@@H]([C@H](C)[C@H]3O[C@@H]3c3ccc(CNC(=O)[C@H](C)NC(=O)[C@@H](NC(=O)CCCC(=O)ON4C(=O)CCC4=O)C(C)C)cc3)OC(=O)[C@H](CC(C)(C)C)NC(=O)C(C)(C)C(C)NC2=O)cc1Cl. The van der Waals surface area contributed by atoms with Crippen LogP contribution in [0.5, 0.6) is 5.75 Å². The number of rotatable bonds is 19. The standard InChI is InChI=1S/C56H76ClN7O14/c1-30(2)47(63-43(66)16-13-17-46(69)78-64-44(67)24-25-45(64)68)52(72)59-32(4)50(70)58-29-34-18-21-36(22-19-34)49-48(77-49)31(3)40-14-12-15-42(65)61-38(27-35-20-23-41(75-11)37(57)26-35)51(71)60-33(5)56(9,10)54(74)62-39(53(73)76-40)28-55(6,7)8/h12,15,18-23,26,30-33,38-40,47-49H,13-14,16-17,24-25,27-29H2,1-11H3,(H,58,70)(H,59,72)(H,60,71)(H,61,65)(H,62,74)(H,63,66)/b15-12+/t31-,32-,33?,38+,39-,40-,47-,48+,49+/m0/s1. The van der Waals surface area contributed by atoms with Gasteiger partial charge in [0.15, 0.2) is 0 Å². The average molecular weight is 1110 g/mol. The molecule has 0 radical (unpaired) electrons. The summed E-state index contributed by atoms with van der Waals surface area (Å²) in [4.78, 5) is 135. The second-order valence-corrected chi connectivity index (χ2v) is 22.8. The summed E-state index contributed by atoms with van der Waals surface area (Å²) in [5, 5.41) is 17.5. The first-order valence-electron chi connectivity index (χ1n) is 26.4. The van der Waals surface area contributed by atoms with Crippen molar-refractivity contribution in [1.29, 1.82) is 0 Å². The van der Waals surface area contributed by atoms with Crippen molar-refractivity contribution in [3.05, 3.63) is 76.3 Å². The van der Waals surface area contributed by atoms with Crippen LogP contribution in [0.15, 0.2) is 54.6 Å². The van der Waals surface area contributed by atoms with Gasteiger partial charge in [0.1, 0.15) is 42.1 Å². The molecule has 1 unspecified atom stereocenters. The Bertz CT molecular complexity index is 2580. The molecule has 8 amide bonds. The number of hydrogen-bond acceptors (Lipinski definition) is 14. The van der Waals surface area contributed by atoms with Gasteiger partial charge in [-0.1, -0.05) is 89.6 Å². The Hall–Kier alpha value is -6.87. The maximum Gasteiger partial charge on any atom is 0.333 e. The molecule has 78 heavy (non-hydrogen) atoms. The van der Waals surface area contributed by atoms with Crippen LogP contribution in [0, 0.1) is 22.7 Å². The molecule has 0 bridgehead atoms. The zero-order chi connectivity index (χ0) is 57.8. The van der Waals surface area contributed by atoms with E-state index in [2.05, 4.69) is 31.9 Å². The molecule has 2 saturated heterocycles. The van der Waals surface area contributed by atoms with Gasteiger partial charge < -0.3 is 50.9 Å². The second-order valence-electron chi connectivity index (χ2n) is 22.3. The normalized spacial score (nSPS) is 23.6. The van der Waals surface area contributed by atoms with Crippen LogP contribution in [0.2, 0.25) is 5.02 Å². The molecule has 0 aliphatic carbocycles. The van der Waals surface area contributed by atoms with Gasteiger partial charge in [-0.15, -0.1) is 5.06 Å². The molecule has 3 aliphatic rings. The number of benzene rings is 2. The number of esters is 1. The summed E-state index contributed by atoms with van der Waals surface area (Å²) in [6.45, 7) is 17.8. The fourth-order valence-electron chi connectivity index (χ4n) is 8.77. The maximum absolute atomic E-state index is 14.2. The van der Waals surface area contributed by atoms with Crippen LogP contribution in [0.1, 0.15) is 137 Å². The van der Waals surface area contributed by atoms with Crippen molar-refractivity contribution in [1.82, 2.24) is 37.0 Å². The van der Waals surface area contributed by atoms with E-state index in [1.165, 1.54) is 20.1 Å². The molecule has 5 rings (SSSR count). The Kier molecular flexibility index (Phi) is 21.6. The van der Waals surface area contributed by atoms with Gasteiger partial charge in [0.25, 0.3) is 11.8 Å². The van der Waals surface area contributed by atoms with E-state index < -0.39 is 118 Å². The predicted octanol–water partition coefficient (Wildman–Crippen LogP) is 4.51. The van der Waals surface area contributed by atoms with Crippen LogP contribution in [0.25, 0.3) is 0 Å². The molecule has 2 aromatic carbocycles. The summed E-state index contributed by atoms with van der Waals surface area (Å²) in [7, 11) is 1.49. The van der Waals surface area contributed by atoms with Crippen molar-refractivity contribution in [2.24, 2.45) is 22.7 Å². The van der Waals surface area contributed by atoms with E-state index in [0.717, 1.165) is 11.1 Å². The molecule has 3 heterocycles. The maximum atomic E-state index is 14.2. The molecule has 21 nitrogen and oxygen atoms in total. The Morgan fingerprint density at radius 2 is 1.51 bits per heavy atom. The topological polar surface area (TPSA) is 286 Å². The van der Waals surface area contributed by atoms with E-state index in [9.17, 15) is 47.9 Å². The number of cyclic esters (lactones) is 1. The van der Waals surface area contributed by atoms with Crippen molar-refractivity contribution in [2.75, 3.05) is 7.11 Å². The quantitative estimate of drug-likeness (QED) is 0.0642. The number of amides is 8. The second kappa shape index (κ2) is 27.1. The molecular weight excluding hydrogens is 1030 g/mol. The lowest BCUT2D eigenvalue weighted by Crippen LogP contribution is -2.58. The summed E-state index contributed by atoms with van der Waals surface area (Å²) >= 11 is 6.41. The van der Waals surface area contributed by atoms with Crippen molar-refractivity contribution < 1.29 is 67.0 Å². The lowest BCUT2D eigenvalue weighted by atomic mass is 9.82. The third-order valence-corrected chi connectivity index (χ3v) is 14.3. The molecule has 2 fully saturated rings. The Balaban J connectivity index is 1.20. The molecule has 0 spiro atoms. The van der Waals surface area contributed by atoms with Gasteiger partial charge in [-0.2, -0.15) is 0 Å². The number of carbonyl (C=O) groups is 10. The fourth-order valence-corrected chi connectivity index (χ4v) is 9.05. The summed E-state index contributed by atoms with van der Waals surface area (Å²) in [6, 6.07) is 7.60. The van der Waals surface area contributed by atoms with Crippen LogP contribution >= 0.6 is 11.6 Å². The molecule has 22 heteroatoms. The molecular formula is C56H76ClN7O14. The number of hydroxylamine groups is 2. The Labute approximate surface area is 460 Å². The van der Waals surface area contributed by atoms with Crippen LogP contribution in [-0.4, -0.2) is 114 Å². The van der Waals surface area contributed by atoms with Gasteiger partial charge in [-0.05, 0) is 86.8 Å². The zero-order valence-corrected chi connectivity index (χ0v) is 47.1. The Morgan fingerprint density at radius 1 is 0.859 bits per heavy atom. The van der Waals surface area contributed by atoms with Gasteiger partial charge >= 0.3 is 11.9 Å². The predicted molar refractivity (Wildman–Crippen MR) is 285 cm³/mol. The number of imide groups is 1. The average Bonchev–Trinajstić information content (AvgIpc) is 4.15. The molecule has 0 aromatic heterocycles. The fraction of sp³-hybridized carbons (Fsp3) is 0.571. The first-order chi connectivity index (χ1) is 36.6. The first kappa shape index (κ1) is 62.0. The van der Waals surface area contributed by atoms with E-state index in [0.29, 0.717) is 21.4 Å². The van der Waals surface area contributed by atoms with Crippen molar-refractivity contribution in [3.63, 3.8) is 0 Å². The highest BCUT2D eigenvalue weighted by Gasteiger charge is 2.48. The molecule has 3 aliphatic heterocycles. The van der Waals surface area contributed by atoms with E-state index >= 15 is 0 Å². The number of ether oxygens (including phenoxy) is 3. The third kappa shape index (κ3) is 17.6. The van der Waals surface area contributed by atoms with E-state index in [1.807, 2.05) is 52.0 Å². The van der Waals surface area contributed by atoms with E-state index in [-0.39, 0.29) is 69.9 Å². The lowest BCUT2D eigenvalue weighted by Gasteiger charge is -2.35. The number of carbonyl (C=O) groups excluding carboxylic acids is 10. The smallest absolute Gasteiger partial charge is 0.333 e. The minimum absolute atomic E-state index is 0.0367. The number of methoxy groups -OCH3 is 1. The highest BCUT2D eigenvalue weighted by Crippen LogP contribution is 2.45. The molecule has 2 aromatic rings. The number of halogens is 1. The van der Waals surface area contributed by atoms with Crippen LogP contribution in [0.4, 0.5) is 0 Å². The number of nitrogens with one attached hydrogen (secondary N) is 6. The lowest BCUT2D eigenvalue weighted by molar-refractivity contribution is -0.197. The van der Waals surface area contributed by atoms with Gasteiger partial charge in [0.2, 0.25) is 35.4 Å². The highest BCUT2D eigenvalue weighted by atomic mass is 35.5. The number of epoxide rings is 1. The third-order valence-electron chi connectivity index (χ3n) is 14.0. The monoisotopic (exact) mass is 1110 g/mol. The highest BCUT2D eigenvalue weighted by molar-refractivity contribution is 6.32. The molecule has 0 saturated carbocycles. The summed E-state index contributed by atoms with van der Waals surface area (Å²) in [5.74, 6) is -6.20. The van der Waals surface area contributed by atoms with Crippen molar-refractivity contribution >= 4 is 70.8 Å². The molecule has 426 valence electrons. The molecule has 9 atom stereocenters. The first-order valence-corrected chi connectivity index (χ1v) is 26.8. The van der Waals surface area contributed by atoms with Gasteiger partial charge in [0, 0.05) is 57.0 Å². The van der Waals surface area contributed by atoms with Gasteiger partial charge in [-0.3, -0.25) is 38.4 Å². The number of hydrogen-bond donors (Lipinski definition) is 6. The van der Waals surface area contributed by atoms with Crippen LogP contribution in [-0.2, 0) is 75.2 Å². The van der Waals surface area contributed by atoms with Gasteiger partial charge in [0.05, 0.1) is 23.7 Å². The minimum Gasteiger partial charge on any atom is -0.495 e. The van der Waals surface area contributed by atoms with Crippen LogP contribution in [0.3, 0.4) is 0 Å². The van der Waals surface area contributed by atoms with Gasteiger partial charge in [-0.25, -0.2) is 9.59 Å². The zero-order valence-electron chi connectivity index (χ0n) is 46.4. The van der Waals surface area contributed by atoms with Crippen molar-refractivity contribution in [2.45, 2.75) is 176 Å².